The van der Waals surface area contributed by atoms with Gasteiger partial charge in [-0.3, -0.25) is 14.3 Å². The van der Waals surface area contributed by atoms with Crippen molar-refractivity contribution in [2.45, 2.75) is 32.7 Å². The maximum Gasteiger partial charge on any atom is 0.257 e. The second-order valence-corrected chi connectivity index (χ2v) is 6.20. The molecule has 2 fully saturated rings. The molecule has 1 aromatic rings. The van der Waals surface area contributed by atoms with Gasteiger partial charge in [-0.05, 0) is 26.7 Å². The van der Waals surface area contributed by atoms with E-state index < -0.39 is 0 Å². The number of nitrogens with zero attached hydrogens (tertiary/aromatic N) is 4. The van der Waals surface area contributed by atoms with Crippen LogP contribution in [0.3, 0.4) is 0 Å². The largest absolute Gasteiger partial charge is 0.343 e. The van der Waals surface area contributed by atoms with Crippen molar-refractivity contribution in [3.8, 4) is 0 Å². The molecule has 3 heterocycles. The van der Waals surface area contributed by atoms with Crippen LogP contribution in [0.1, 0.15) is 34.6 Å². The fourth-order valence-corrected chi connectivity index (χ4v) is 3.70. The Morgan fingerprint density at radius 3 is 2.62 bits per heavy atom. The van der Waals surface area contributed by atoms with Gasteiger partial charge in [-0.25, -0.2) is 0 Å². The molecular formula is C15H22N4O2. The third-order valence-corrected chi connectivity index (χ3v) is 4.92. The topological polar surface area (TPSA) is 58.4 Å². The number of likely N-dealkylation sites (tertiary alicyclic amines) is 2. The van der Waals surface area contributed by atoms with E-state index in [1.165, 1.54) is 0 Å². The van der Waals surface area contributed by atoms with Gasteiger partial charge in [-0.2, -0.15) is 5.10 Å². The number of likely N-dealkylation sites (N-methyl/N-ethyl adjacent to an activating group) is 1. The molecule has 6 heteroatoms. The van der Waals surface area contributed by atoms with Gasteiger partial charge < -0.3 is 9.80 Å². The van der Waals surface area contributed by atoms with Crippen LogP contribution in [-0.4, -0.2) is 57.6 Å². The van der Waals surface area contributed by atoms with Gasteiger partial charge in [0.05, 0.1) is 23.2 Å². The highest BCUT2D eigenvalue weighted by Gasteiger charge is 2.45. The molecule has 2 aliphatic heterocycles. The predicted octanol–water partition coefficient (Wildman–Crippen LogP) is 0.730. The summed E-state index contributed by atoms with van der Waals surface area (Å²) in [5, 5.41) is 4.33. The predicted molar refractivity (Wildman–Crippen MR) is 77.9 cm³/mol. The lowest BCUT2D eigenvalue weighted by atomic mass is 9.91. The molecule has 114 valence electrons. The van der Waals surface area contributed by atoms with Crippen molar-refractivity contribution in [3.05, 3.63) is 17.0 Å². The van der Waals surface area contributed by atoms with Crippen LogP contribution in [0.4, 0.5) is 0 Å². The number of hydrogen-bond donors (Lipinski definition) is 0. The van der Waals surface area contributed by atoms with Crippen LogP contribution in [0, 0.1) is 19.8 Å². The summed E-state index contributed by atoms with van der Waals surface area (Å²) in [6.07, 6.45) is 1.79. The normalized spacial score (nSPS) is 25.4. The number of fused-ring (bicyclic) bond motifs is 1. The Balaban J connectivity index is 1.92. The summed E-state index contributed by atoms with van der Waals surface area (Å²) in [4.78, 5) is 28.8. The first-order valence-electron chi connectivity index (χ1n) is 7.48. The van der Waals surface area contributed by atoms with Crippen LogP contribution in [0.15, 0.2) is 0 Å². The van der Waals surface area contributed by atoms with Crippen molar-refractivity contribution >= 4 is 11.8 Å². The van der Waals surface area contributed by atoms with Crippen LogP contribution in [0.25, 0.3) is 0 Å². The second kappa shape index (κ2) is 4.86. The molecule has 2 atom stereocenters. The molecule has 0 spiro atoms. The monoisotopic (exact) mass is 290 g/mol. The van der Waals surface area contributed by atoms with E-state index in [2.05, 4.69) is 5.10 Å². The number of carbonyl (C=O) groups excluding carboxylic acids is 2. The molecular weight excluding hydrogens is 268 g/mol. The van der Waals surface area contributed by atoms with Crippen molar-refractivity contribution in [2.75, 3.05) is 20.1 Å². The number of rotatable bonds is 1. The molecule has 0 aliphatic carbocycles. The second-order valence-electron chi connectivity index (χ2n) is 6.20. The van der Waals surface area contributed by atoms with Gasteiger partial charge in [0.25, 0.3) is 5.91 Å². The van der Waals surface area contributed by atoms with Gasteiger partial charge in [-0.1, -0.05) is 0 Å². The maximum atomic E-state index is 13.0. The van der Waals surface area contributed by atoms with Crippen molar-refractivity contribution in [3.63, 3.8) is 0 Å². The van der Waals surface area contributed by atoms with E-state index in [4.69, 9.17) is 0 Å². The van der Waals surface area contributed by atoms with E-state index >= 15 is 0 Å². The SMILES string of the molecule is Cc1nn(C)c(C)c1C(=O)N1CCC[C@H]2C(=O)N(C)C[C@H]21. The summed E-state index contributed by atoms with van der Waals surface area (Å²) in [5.41, 5.74) is 2.34. The Kier molecular flexibility index (Phi) is 3.26. The zero-order valence-corrected chi connectivity index (χ0v) is 13.1. The number of carbonyl (C=O) groups is 2. The van der Waals surface area contributed by atoms with Gasteiger partial charge >= 0.3 is 0 Å². The molecule has 0 unspecified atom stereocenters. The summed E-state index contributed by atoms with van der Waals surface area (Å²) in [6.45, 7) is 5.16. The highest BCUT2D eigenvalue weighted by Crippen LogP contribution is 2.32. The lowest BCUT2D eigenvalue weighted by molar-refractivity contribution is -0.130. The van der Waals surface area contributed by atoms with Crippen LogP contribution >= 0.6 is 0 Å². The van der Waals surface area contributed by atoms with Crippen LogP contribution in [0.2, 0.25) is 0 Å². The first-order chi connectivity index (χ1) is 9.91. The molecule has 2 aliphatic rings. The molecule has 2 amide bonds. The van der Waals surface area contributed by atoms with Crippen molar-refractivity contribution < 1.29 is 9.59 Å². The Hall–Kier alpha value is -1.85. The number of aryl methyl sites for hydroxylation is 2. The van der Waals surface area contributed by atoms with Gasteiger partial charge in [0.15, 0.2) is 0 Å². The third kappa shape index (κ3) is 2.04. The molecule has 0 bridgehead atoms. The fourth-order valence-electron chi connectivity index (χ4n) is 3.70. The summed E-state index contributed by atoms with van der Waals surface area (Å²) >= 11 is 0. The van der Waals surface area contributed by atoms with Crippen LogP contribution < -0.4 is 0 Å². The Morgan fingerprint density at radius 2 is 2.00 bits per heavy atom. The van der Waals surface area contributed by atoms with E-state index in [9.17, 15) is 9.59 Å². The average molecular weight is 290 g/mol. The maximum absolute atomic E-state index is 13.0. The number of amides is 2. The Morgan fingerprint density at radius 1 is 1.29 bits per heavy atom. The van der Waals surface area contributed by atoms with E-state index in [0.717, 1.165) is 30.8 Å². The highest BCUT2D eigenvalue weighted by atomic mass is 16.2. The summed E-state index contributed by atoms with van der Waals surface area (Å²) in [6, 6.07) is 0.0164. The number of hydrogen-bond acceptors (Lipinski definition) is 3. The molecule has 0 aromatic carbocycles. The first-order valence-corrected chi connectivity index (χ1v) is 7.48. The van der Waals surface area contributed by atoms with Crippen LogP contribution in [-0.2, 0) is 11.8 Å². The van der Waals surface area contributed by atoms with Gasteiger partial charge in [-0.15, -0.1) is 0 Å². The summed E-state index contributed by atoms with van der Waals surface area (Å²) < 4.78 is 1.75. The number of piperidine rings is 1. The fraction of sp³-hybridized carbons (Fsp3) is 0.667. The zero-order chi connectivity index (χ0) is 15.3. The summed E-state index contributed by atoms with van der Waals surface area (Å²) in [5.74, 6) is 0.179. The van der Waals surface area contributed by atoms with Gasteiger partial charge in [0, 0.05) is 32.9 Å². The third-order valence-electron chi connectivity index (χ3n) is 4.92. The minimum atomic E-state index is -0.0232. The minimum Gasteiger partial charge on any atom is -0.343 e. The van der Waals surface area contributed by atoms with E-state index in [1.54, 1.807) is 9.58 Å². The highest BCUT2D eigenvalue weighted by molar-refractivity contribution is 5.97. The average Bonchev–Trinajstić information content (AvgIpc) is 2.87. The van der Waals surface area contributed by atoms with Crippen molar-refractivity contribution in [1.29, 1.82) is 0 Å². The summed E-state index contributed by atoms with van der Waals surface area (Å²) in [7, 11) is 3.68. The van der Waals surface area contributed by atoms with Gasteiger partial charge in [0.2, 0.25) is 5.91 Å². The van der Waals surface area contributed by atoms with Crippen LogP contribution in [0.5, 0.6) is 0 Å². The molecule has 1 aromatic heterocycles. The van der Waals surface area contributed by atoms with E-state index in [-0.39, 0.29) is 23.8 Å². The van der Waals surface area contributed by atoms with E-state index in [0.29, 0.717) is 12.1 Å². The van der Waals surface area contributed by atoms with Crippen molar-refractivity contribution in [2.24, 2.45) is 13.0 Å². The first kappa shape index (κ1) is 14.1. The molecule has 0 saturated carbocycles. The molecule has 3 rings (SSSR count). The standard InChI is InChI=1S/C15H22N4O2/c1-9-13(10(2)18(4)16-9)15(21)19-7-5-6-11-12(19)8-17(3)14(11)20/h11-12H,5-8H2,1-4H3/t11-,12-/m1/s1. The quantitative estimate of drug-likeness (QED) is 0.766. The smallest absolute Gasteiger partial charge is 0.257 e. The molecule has 2 saturated heterocycles. The minimum absolute atomic E-state index is 0.0164. The molecule has 21 heavy (non-hydrogen) atoms. The lowest BCUT2D eigenvalue weighted by Crippen LogP contribution is -2.49. The molecule has 0 N–H and O–H groups in total. The lowest BCUT2D eigenvalue weighted by Gasteiger charge is -2.36. The number of aromatic nitrogens is 2. The molecule has 6 nitrogen and oxygen atoms in total. The molecule has 0 radical (unpaired) electrons. The Bertz CT molecular complexity index is 607. The van der Waals surface area contributed by atoms with Crippen molar-refractivity contribution in [1.82, 2.24) is 19.6 Å². The zero-order valence-electron chi connectivity index (χ0n) is 13.1. The van der Waals surface area contributed by atoms with E-state index in [1.807, 2.05) is 32.8 Å². The Labute approximate surface area is 124 Å². The van der Waals surface area contributed by atoms with Gasteiger partial charge in [0.1, 0.15) is 0 Å².